The molecule has 1 amide bonds. The van der Waals surface area contributed by atoms with E-state index >= 15 is 0 Å². The Kier molecular flexibility index (Phi) is 2.69. The van der Waals surface area contributed by atoms with Crippen molar-refractivity contribution in [3.05, 3.63) is 34.5 Å². The summed E-state index contributed by atoms with van der Waals surface area (Å²) in [5.41, 5.74) is 11.1. The first kappa shape index (κ1) is 11.7. The number of hydrogen-bond acceptors (Lipinski definition) is 1. The lowest BCUT2D eigenvalue weighted by Gasteiger charge is -2.03. The molecule has 0 saturated heterocycles. The molecule has 0 saturated carbocycles. The third-order valence-electron chi connectivity index (χ3n) is 3.41. The molecular formula is C14H18N2O. The van der Waals surface area contributed by atoms with Crippen LogP contribution in [0.5, 0.6) is 0 Å². The van der Waals surface area contributed by atoms with Crippen LogP contribution in [0.2, 0.25) is 0 Å². The average Bonchev–Trinajstić information content (AvgIpc) is 2.43. The normalized spacial score (nSPS) is 11.1. The summed E-state index contributed by atoms with van der Waals surface area (Å²) in [7, 11) is 2.03. The quantitative estimate of drug-likeness (QED) is 0.844. The maximum Gasteiger partial charge on any atom is 0.221 e. The molecule has 90 valence electrons. The molecule has 0 bridgehead atoms. The molecule has 0 fully saturated rings. The van der Waals surface area contributed by atoms with Gasteiger partial charge in [-0.3, -0.25) is 4.79 Å². The highest BCUT2D eigenvalue weighted by Gasteiger charge is 2.15. The van der Waals surface area contributed by atoms with Crippen LogP contribution in [-0.4, -0.2) is 10.5 Å². The molecule has 1 heterocycles. The van der Waals surface area contributed by atoms with E-state index in [1.165, 1.54) is 22.0 Å². The number of primary amides is 1. The molecular weight excluding hydrogens is 212 g/mol. The van der Waals surface area contributed by atoms with Gasteiger partial charge < -0.3 is 10.3 Å². The minimum absolute atomic E-state index is 0.277. The molecule has 2 N–H and O–H groups in total. The van der Waals surface area contributed by atoms with Crippen molar-refractivity contribution in [2.75, 3.05) is 0 Å². The predicted molar refractivity (Wildman–Crippen MR) is 70.0 cm³/mol. The molecule has 1 aromatic carbocycles. The van der Waals surface area contributed by atoms with E-state index in [-0.39, 0.29) is 5.91 Å². The van der Waals surface area contributed by atoms with Crippen molar-refractivity contribution in [1.29, 1.82) is 0 Å². The molecule has 0 aliphatic rings. The number of aryl methyl sites for hydroxylation is 3. The maximum absolute atomic E-state index is 11.2. The molecule has 3 heteroatoms. The van der Waals surface area contributed by atoms with Gasteiger partial charge in [0.15, 0.2) is 0 Å². The number of hydrogen-bond donors (Lipinski definition) is 1. The Bertz CT molecular complexity index is 608. The lowest BCUT2D eigenvalue weighted by molar-refractivity contribution is -0.117. The van der Waals surface area contributed by atoms with E-state index in [2.05, 4.69) is 30.5 Å². The van der Waals surface area contributed by atoms with Crippen LogP contribution in [0.15, 0.2) is 12.1 Å². The van der Waals surface area contributed by atoms with Crippen LogP contribution in [0.4, 0.5) is 0 Å². The number of aromatic nitrogens is 1. The number of nitrogens with zero attached hydrogens (tertiary/aromatic N) is 1. The summed E-state index contributed by atoms with van der Waals surface area (Å²) in [4.78, 5) is 11.2. The Balaban J connectivity index is 2.83. The molecule has 0 aliphatic carbocycles. The van der Waals surface area contributed by atoms with E-state index in [1.807, 2.05) is 14.0 Å². The fourth-order valence-electron chi connectivity index (χ4n) is 2.56. The first-order valence-corrected chi connectivity index (χ1v) is 5.75. The van der Waals surface area contributed by atoms with Gasteiger partial charge in [-0.15, -0.1) is 0 Å². The fourth-order valence-corrected chi connectivity index (χ4v) is 2.56. The lowest BCUT2D eigenvalue weighted by Crippen LogP contribution is -2.14. The van der Waals surface area contributed by atoms with Gasteiger partial charge in [0.2, 0.25) is 5.91 Å². The average molecular weight is 230 g/mol. The van der Waals surface area contributed by atoms with Gasteiger partial charge in [0.05, 0.1) is 6.42 Å². The van der Waals surface area contributed by atoms with Crippen LogP contribution in [0, 0.1) is 20.8 Å². The maximum atomic E-state index is 11.2. The van der Waals surface area contributed by atoms with Crippen molar-refractivity contribution in [1.82, 2.24) is 4.57 Å². The lowest BCUT2D eigenvalue weighted by atomic mass is 10.0. The van der Waals surface area contributed by atoms with Gasteiger partial charge in [0.1, 0.15) is 0 Å². The molecule has 17 heavy (non-hydrogen) atoms. The SMILES string of the molecule is Cc1cc(C)c2c(CC(N)=O)c(C)n(C)c2c1. The van der Waals surface area contributed by atoms with Gasteiger partial charge >= 0.3 is 0 Å². The van der Waals surface area contributed by atoms with E-state index in [9.17, 15) is 4.79 Å². The smallest absolute Gasteiger partial charge is 0.221 e. The highest BCUT2D eigenvalue weighted by atomic mass is 16.1. The number of carbonyl (C=O) groups is 1. The summed E-state index contributed by atoms with van der Waals surface area (Å²) in [6.07, 6.45) is 0.313. The van der Waals surface area contributed by atoms with E-state index in [0.29, 0.717) is 6.42 Å². The Morgan fingerprint density at radius 3 is 2.53 bits per heavy atom. The van der Waals surface area contributed by atoms with Crippen molar-refractivity contribution >= 4 is 16.8 Å². The van der Waals surface area contributed by atoms with Gasteiger partial charge in [-0.2, -0.15) is 0 Å². The van der Waals surface area contributed by atoms with Crippen LogP contribution in [0.25, 0.3) is 10.9 Å². The molecule has 0 unspecified atom stereocenters. The van der Waals surface area contributed by atoms with E-state index in [4.69, 9.17) is 5.73 Å². The molecule has 0 spiro atoms. The second kappa shape index (κ2) is 3.91. The predicted octanol–water partition coefficient (Wildman–Crippen LogP) is 2.13. The highest BCUT2D eigenvalue weighted by Crippen LogP contribution is 2.29. The zero-order valence-corrected chi connectivity index (χ0v) is 10.8. The zero-order chi connectivity index (χ0) is 12.7. The number of nitrogens with two attached hydrogens (primary N) is 1. The van der Waals surface area contributed by atoms with Gasteiger partial charge in [0.25, 0.3) is 0 Å². The van der Waals surface area contributed by atoms with Crippen LogP contribution >= 0.6 is 0 Å². The summed E-state index contributed by atoms with van der Waals surface area (Å²) in [5, 5.41) is 1.18. The first-order valence-electron chi connectivity index (χ1n) is 5.75. The van der Waals surface area contributed by atoms with Crippen LogP contribution in [0.3, 0.4) is 0 Å². The largest absolute Gasteiger partial charge is 0.369 e. The van der Waals surface area contributed by atoms with Crippen molar-refractivity contribution < 1.29 is 4.79 Å². The van der Waals surface area contributed by atoms with Gasteiger partial charge in [0, 0.05) is 23.6 Å². The Hall–Kier alpha value is -1.77. The van der Waals surface area contributed by atoms with E-state index in [1.54, 1.807) is 0 Å². The number of amides is 1. The molecule has 2 aromatic rings. The van der Waals surface area contributed by atoms with Gasteiger partial charge in [-0.05, 0) is 43.5 Å². The topological polar surface area (TPSA) is 48.0 Å². The minimum atomic E-state index is -0.277. The van der Waals surface area contributed by atoms with Crippen molar-refractivity contribution in [2.24, 2.45) is 12.8 Å². The van der Waals surface area contributed by atoms with Crippen LogP contribution in [0.1, 0.15) is 22.4 Å². The standard InChI is InChI=1S/C14H18N2O/c1-8-5-9(2)14-11(7-13(15)17)10(3)16(4)12(14)6-8/h5-6H,7H2,1-4H3,(H2,15,17). The molecule has 2 rings (SSSR count). The van der Waals surface area contributed by atoms with Gasteiger partial charge in [-0.1, -0.05) is 6.07 Å². The molecule has 0 atom stereocenters. The molecule has 0 radical (unpaired) electrons. The van der Waals surface area contributed by atoms with E-state index in [0.717, 1.165) is 11.3 Å². The summed E-state index contributed by atoms with van der Waals surface area (Å²) < 4.78 is 2.13. The summed E-state index contributed by atoms with van der Waals surface area (Å²) in [6.45, 7) is 6.20. The number of carbonyl (C=O) groups excluding carboxylic acids is 1. The Morgan fingerprint density at radius 2 is 1.94 bits per heavy atom. The Labute approximate surface area is 101 Å². The van der Waals surface area contributed by atoms with Crippen LogP contribution < -0.4 is 5.73 Å². The highest BCUT2D eigenvalue weighted by molar-refractivity contribution is 5.92. The van der Waals surface area contributed by atoms with Gasteiger partial charge in [-0.25, -0.2) is 0 Å². The number of rotatable bonds is 2. The molecule has 1 aromatic heterocycles. The zero-order valence-electron chi connectivity index (χ0n) is 10.8. The van der Waals surface area contributed by atoms with E-state index < -0.39 is 0 Å². The third-order valence-corrected chi connectivity index (χ3v) is 3.41. The van der Waals surface area contributed by atoms with Crippen molar-refractivity contribution in [3.63, 3.8) is 0 Å². The Morgan fingerprint density at radius 1 is 1.29 bits per heavy atom. The summed E-state index contributed by atoms with van der Waals surface area (Å²) in [5.74, 6) is -0.277. The van der Waals surface area contributed by atoms with Crippen molar-refractivity contribution in [3.8, 4) is 0 Å². The number of benzene rings is 1. The van der Waals surface area contributed by atoms with Crippen molar-refractivity contribution in [2.45, 2.75) is 27.2 Å². The number of fused-ring (bicyclic) bond motifs is 1. The second-order valence-electron chi connectivity index (χ2n) is 4.74. The van der Waals surface area contributed by atoms with Crippen LogP contribution in [-0.2, 0) is 18.3 Å². The minimum Gasteiger partial charge on any atom is -0.369 e. The summed E-state index contributed by atoms with van der Waals surface area (Å²) >= 11 is 0. The first-order chi connectivity index (χ1) is 7.91. The summed E-state index contributed by atoms with van der Waals surface area (Å²) in [6, 6.07) is 4.30. The fraction of sp³-hybridized carbons (Fsp3) is 0.357. The molecule has 0 aliphatic heterocycles. The second-order valence-corrected chi connectivity index (χ2v) is 4.74. The monoisotopic (exact) mass is 230 g/mol. The third kappa shape index (κ3) is 1.82. The molecule has 3 nitrogen and oxygen atoms in total.